The summed E-state index contributed by atoms with van der Waals surface area (Å²) in [5, 5.41) is 0. The Morgan fingerprint density at radius 1 is 1.20 bits per heavy atom. The Labute approximate surface area is 91.1 Å². The molecule has 0 amide bonds. The summed E-state index contributed by atoms with van der Waals surface area (Å²) < 4.78 is 17.0. The van der Waals surface area contributed by atoms with Crippen LogP contribution in [-0.4, -0.2) is 31.2 Å². The Morgan fingerprint density at radius 3 is 2.27 bits per heavy atom. The second-order valence-electron chi connectivity index (χ2n) is 4.18. The van der Waals surface area contributed by atoms with E-state index < -0.39 is 0 Å². The predicted octanol–water partition coefficient (Wildman–Crippen LogP) is 1.71. The summed E-state index contributed by atoms with van der Waals surface area (Å²) in [6, 6.07) is 0. The van der Waals surface area contributed by atoms with Crippen molar-refractivity contribution >= 4 is 0 Å². The lowest BCUT2D eigenvalue weighted by Gasteiger charge is -2.40. The van der Waals surface area contributed by atoms with Gasteiger partial charge in [-0.15, -0.1) is 6.42 Å². The van der Waals surface area contributed by atoms with Crippen molar-refractivity contribution in [2.45, 2.75) is 44.0 Å². The minimum Gasteiger partial charge on any atom is -0.363 e. The molecule has 0 aromatic heterocycles. The van der Waals surface area contributed by atoms with E-state index in [4.69, 9.17) is 20.6 Å². The van der Waals surface area contributed by atoms with E-state index in [1.54, 1.807) is 0 Å². The molecule has 1 heterocycles. The number of terminal acetylenes is 1. The van der Waals surface area contributed by atoms with Crippen molar-refractivity contribution in [2.24, 2.45) is 0 Å². The fourth-order valence-electron chi connectivity index (χ4n) is 2.43. The van der Waals surface area contributed by atoms with Crippen LogP contribution >= 0.6 is 0 Å². The van der Waals surface area contributed by atoms with Crippen molar-refractivity contribution in [3.8, 4) is 12.3 Å². The lowest BCUT2D eigenvalue weighted by atomic mass is 9.81. The van der Waals surface area contributed by atoms with Crippen LogP contribution in [0, 0.1) is 12.3 Å². The quantitative estimate of drug-likeness (QED) is 0.649. The molecule has 1 saturated carbocycles. The van der Waals surface area contributed by atoms with E-state index in [1.165, 1.54) is 0 Å². The summed E-state index contributed by atoms with van der Waals surface area (Å²) in [6.07, 6.45) is 8.91. The number of hydrogen-bond acceptors (Lipinski definition) is 3. The lowest BCUT2D eigenvalue weighted by Crippen LogP contribution is -2.44. The summed E-state index contributed by atoms with van der Waals surface area (Å²) in [5.41, 5.74) is -0.380. The number of rotatable bonds is 2. The Hall–Kier alpha value is -0.560. The smallest absolute Gasteiger partial charge is 0.168 e. The highest BCUT2D eigenvalue weighted by Gasteiger charge is 2.46. The van der Waals surface area contributed by atoms with Crippen LogP contribution in [0.4, 0.5) is 0 Å². The van der Waals surface area contributed by atoms with E-state index in [9.17, 15) is 0 Å². The standard InChI is InChI=1S/C12H18O3/c1-3-11(13-4-2)5-7-12(8-6-11)14-9-10-15-12/h1H,4-10H2,2H3. The Morgan fingerprint density at radius 2 is 1.80 bits per heavy atom. The van der Waals surface area contributed by atoms with Gasteiger partial charge >= 0.3 is 0 Å². The molecule has 0 radical (unpaired) electrons. The van der Waals surface area contributed by atoms with Gasteiger partial charge < -0.3 is 14.2 Å². The maximum atomic E-state index is 5.68. The third-order valence-corrected chi connectivity index (χ3v) is 3.32. The summed E-state index contributed by atoms with van der Waals surface area (Å²) in [7, 11) is 0. The second-order valence-corrected chi connectivity index (χ2v) is 4.18. The van der Waals surface area contributed by atoms with Gasteiger partial charge in [-0.25, -0.2) is 0 Å². The average molecular weight is 210 g/mol. The molecule has 3 nitrogen and oxygen atoms in total. The van der Waals surface area contributed by atoms with Gasteiger partial charge in [-0.3, -0.25) is 0 Å². The van der Waals surface area contributed by atoms with Gasteiger partial charge in [0.2, 0.25) is 0 Å². The number of ether oxygens (including phenoxy) is 3. The first-order chi connectivity index (χ1) is 7.24. The molecular weight excluding hydrogens is 192 g/mol. The normalized spacial score (nSPS) is 27.7. The first-order valence-corrected chi connectivity index (χ1v) is 5.64. The SMILES string of the molecule is C#CC1(OCC)CCC2(CC1)OCCO2. The molecule has 1 aliphatic carbocycles. The third-order valence-electron chi connectivity index (χ3n) is 3.32. The molecule has 2 rings (SSSR count). The minimum atomic E-state index is -0.380. The van der Waals surface area contributed by atoms with Crippen molar-refractivity contribution in [3.63, 3.8) is 0 Å². The first kappa shape index (κ1) is 10.9. The van der Waals surface area contributed by atoms with Crippen LogP contribution in [-0.2, 0) is 14.2 Å². The van der Waals surface area contributed by atoms with E-state index in [-0.39, 0.29) is 11.4 Å². The van der Waals surface area contributed by atoms with Crippen molar-refractivity contribution < 1.29 is 14.2 Å². The van der Waals surface area contributed by atoms with Gasteiger partial charge in [-0.05, 0) is 19.8 Å². The minimum absolute atomic E-state index is 0.350. The van der Waals surface area contributed by atoms with Crippen LogP contribution in [0.15, 0.2) is 0 Å². The molecular formula is C12H18O3. The maximum Gasteiger partial charge on any atom is 0.168 e. The van der Waals surface area contributed by atoms with E-state index in [2.05, 4.69) is 5.92 Å². The van der Waals surface area contributed by atoms with Gasteiger partial charge in [0, 0.05) is 19.4 Å². The van der Waals surface area contributed by atoms with Crippen LogP contribution in [0.25, 0.3) is 0 Å². The first-order valence-electron chi connectivity index (χ1n) is 5.64. The molecule has 1 spiro atoms. The number of hydrogen-bond donors (Lipinski definition) is 0. The monoisotopic (exact) mass is 210 g/mol. The zero-order valence-electron chi connectivity index (χ0n) is 9.25. The lowest BCUT2D eigenvalue weighted by molar-refractivity contribution is -0.200. The van der Waals surface area contributed by atoms with Gasteiger partial charge in [0.15, 0.2) is 5.79 Å². The average Bonchev–Trinajstić information content (AvgIpc) is 2.72. The molecule has 0 bridgehead atoms. The van der Waals surface area contributed by atoms with Gasteiger partial charge in [0.05, 0.1) is 13.2 Å². The molecule has 1 saturated heterocycles. The molecule has 3 heteroatoms. The van der Waals surface area contributed by atoms with Gasteiger partial charge in [-0.2, -0.15) is 0 Å². The molecule has 0 N–H and O–H groups in total. The van der Waals surface area contributed by atoms with E-state index in [0.717, 1.165) is 25.7 Å². The van der Waals surface area contributed by atoms with E-state index >= 15 is 0 Å². The molecule has 2 aliphatic rings. The molecule has 0 atom stereocenters. The summed E-state index contributed by atoms with van der Waals surface area (Å²) >= 11 is 0. The molecule has 0 aromatic carbocycles. The van der Waals surface area contributed by atoms with Crippen molar-refractivity contribution in [2.75, 3.05) is 19.8 Å². The van der Waals surface area contributed by atoms with E-state index in [0.29, 0.717) is 19.8 Å². The van der Waals surface area contributed by atoms with Gasteiger partial charge in [0.25, 0.3) is 0 Å². The predicted molar refractivity (Wildman–Crippen MR) is 56.3 cm³/mol. The van der Waals surface area contributed by atoms with Crippen molar-refractivity contribution in [1.82, 2.24) is 0 Å². The molecule has 0 aromatic rings. The van der Waals surface area contributed by atoms with Crippen molar-refractivity contribution in [3.05, 3.63) is 0 Å². The molecule has 84 valence electrons. The van der Waals surface area contributed by atoms with Crippen LogP contribution in [0.1, 0.15) is 32.6 Å². The highest BCUT2D eigenvalue weighted by molar-refractivity contribution is 5.11. The van der Waals surface area contributed by atoms with Crippen LogP contribution in [0.3, 0.4) is 0 Å². The highest BCUT2D eigenvalue weighted by Crippen LogP contribution is 2.41. The summed E-state index contributed by atoms with van der Waals surface area (Å²) in [4.78, 5) is 0. The van der Waals surface area contributed by atoms with Gasteiger partial charge in [-0.1, -0.05) is 5.92 Å². The van der Waals surface area contributed by atoms with Crippen LogP contribution < -0.4 is 0 Å². The topological polar surface area (TPSA) is 27.7 Å². The third kappa shape index (κ3) is 2.03. The van der Waals surface area contributed by atoms with Crippen molar-refractivity contribution in [1.29, 1.82) is 0 Å². The fraction of sp³-hybridized carbons (Fsp3) is 0.833. The van der Waals surface area contributed by atoms with Gasteiger partial charge in [0.1, 0.15) is 5.60 Å². The zero-order chi connectivity index (χ0) is 10.8. The summed E-state index contributed by atoms with van der Waals surface area (Å²) in [6.45, 7) is 4.06. The van der Waals surface area contributed by atoms with Crippen LogP contribution in [0.2, 0.25) is 0 Å². The molecule has 0 unspecified atom stereocenters. The molecule has 15 heavy (non-hydrogen) atoms. The van der Waals surface area contributed by atoms with E-state index in [1.807, 2.05) is 6.92 Å². The largest absolute Gasteiger partial charge is 0.363 e. The second kappa shape index (κ2) is 4.13. The Balaban J connectivity index is 1.98. The maximum absolute atomic E-state index is 5.68. The van der Waals surface area contributed by atoms with Crippen LogP contribution in [0.5, 0.6) is 0 Å². The highest BCUT2D eigenvalue weighted by atomic mass is 16.7. The fourth-order valence-corrected chi connectivity index (χ4v) is 2.43. The molecule has 1 aliphatic heterocycles. The summed E-state index contributed by atoms with van der Waals surface area (Å²) in [5.74, 6) is 2.44. The Kier molecular flexibility index (Phi) is 3.01. The Bertz CT molecular complexity index is 251. The zero-order valence-corrected chi connectivity index (χ0v) is 9.25. The molecule has 2 fully saturated rings.